The lowest BCUT2D eigenvalue weighted by Gasteiger charge is -2.37. The number of ether oxygens (including phenoxy) is 4. The monoisotopic (exact) mass is 458 g/mol. The largest absolute Gasteiger partial charge is 0.486 e. The summed E-state index contributed by atoms with van der Waals surface area (Å²) in [5.74, 6) is 1.26. The Kier molecular flexibility index (Phi) is 5.80. The van der Waals surface area contributed by atoms with Crippen LogP contribution in [0.15, 0.2) is 36.4 Å². The molecule has 0 aliphatic carbocycles. The predicted molar refractivity (Wildman–Crippen MR) is 117 cm³/mol. The maximum Gasteiger partial charge on any atom is 0.265 e. The molecule has 9 heteroatoms. The molecule has 3 heterocycles. The lowest BCUT2D eigenvalue weighted by atomic mass is 10.1. The van der Waals surface area contributed by atoms with E-state index in [-0.39, 0.29) is 24.8 Å². The molecule has 168 valence electrons. The number of carbonyl (C=O) groups excluding carboxylic acids is 2. The van der Waals surface area contributed by atoms with E-state index in [2.05, 4.69) is 0 Å². The molecule has 3 aliphatic rings. The third-order valence-electron chi connectivity index (χ3n) is 5.68. The maximum atomic E-state index is 13.4. The average Bonchev–Trinajstić information content (AvgIpc) is 2.83. The second-order valence-corrected chi connectivity index (χ2v) is 8.20. The van der Waals surface area contributed by atoms with E-state index in [0.717, 1.165) is 0 Å². The summed E-state index contributed by atoms with van der Waals surface area (Å²) in [5, 5.41) is 0.410. The normalized spacial score (nSPS) is 19.7. The quantitative estimate of drug-likeness (QED) is 0.702. The van der Waals surface area contributed by atoms with Gasteiger partial charge in [-0.25, -0.2) is 0 Å². The Morgan fingerprint density at radius 1 is 1.00 bits per heavy atom. The zero-order chi connectivity index (χ0) is 22.1. The van der Waals surface area contributed by atoms with Crippen LogP contribution in [0.3, 0.4) is 0 Å². The van der Waals surface area contributed by atoms with Gasteiger partial charge in [0, 0.05) is 13.1 Å². The Hall–Kier alpha value is -2.97. The highest BCUT2D eigenvalue weighted by atomic mass is 35.5. The molecule has 3 aliphatic heterocycles. The zero-order valence-corrected chi connectivity index (χ0v) is 18.2. The van der Waals surface area contributed by atoms with Gasteiger partial charge in [0.25, 0.3) is 5.91 Å². The fourth-order valence-electron chi connectivity index (χ4n) is 4.12. The predicted octanol–water partition coefficient (Wildman–Crippen LogP) is 2.31. The van der Waals surface area contributed by atoms with Gasteiger partial charge in [-0.05, 0) is 29.8 Å². The standard InChI is InChI=1S/C23H23ClN2O6/c24-16-11-15(12-19-22(16)31-10-9-30-19)13-21(27)26-14-20(23(28)25-5-7-29-8-6-25)32-18-4-2-1-3-17(18)26/h1-4,11-12,20H,5-10,13-14H2. The summed E-state index contributed by atoms with van der Waals surface area (Å²) in [6, 6.07) is 10.8. The summed E-state index contributed by atoms with van der Waals surface area (Å²) >= 11 is 6.34. The molecule has 2 aromatic rings. The Balaban J connectivity index is 1.38. The molecule has 0 saturated carbocycles. The zero-order valence-electron chi connectivity index (χ0n) is 17.4. The molecule has 1 fully saturated rings. The summed E-state index contributed by atoms with van der Waals surface area (Å²) in [4.78, 5) is 29.8. The van der Waals surface area contributed by atoms with Crippen LogP contribution in [0.4, 0.5) is 5.69 Å². The van der Waals surface area contributed by atoms with E-state index in [9.17, 15) is 9.59 Å². The van der Waals surface area contributed by atoms with Crippen LogP contribution in [0.1, 0.15) is 5.56 Å². The maximum absolute atomic E-state index is 13.4. The first-order valence-corrected chi connectivity index (χ1v) is 11.0. The minimum Gasteiger partial charge on any atom is -0.486 e. The van der Waals surface area contributed by atoms with Gasteiger partial charge in [0.05, 0.1) is 36.9 Å². The molecule has 0 N–H and O–H groups in total. The van der Waals surface area contributed by atoms with Gasteiger partial charge in [-0.2, -0.15) is 0 Å². The molecule has 0 radical (unpaired) electrons. The number of carbonyl (C=O) groups is 2. The van der Waals surface area contributed by atoms with Crippen LogP contribution in [0.5, 0.6) is 17.2 Å². The number of amides is 2. The fraction of sp³-hybridized carbons (Fsp3) is 0.391. The van der Waals surface area contributed by atoms with Crippen molar-refractivity contribution >= 4 is 29.1 Å². The number of hydrogen-bond acceptors (Lipinski definition) is 6. The van der Waals surface area contributed by atoms with Gasteiger partial charge in [-0.3, -0.25) is 9.59 Å². The SMILES string of the molecule is O=C(C1CN(C(=O)Cc2cc(Cl)c3c(c2)OCCO3)c2ccccc2O1)N1CCOCC1. The molecular formula is C23H23ClN2O6. The Labute approximate surface area is 190 Å². The second kappa shape index (κ2) is 8.88. The first kappa shape index (κ1) is 20.9. The van der Waals surface area contributed by atoms with E-state index in [0.29, 0.717) is 73.0 Å². The smallest absolute Gasteiger partial charge is 0.265 e. The molecule has 1 saturated heterocycles. The van der Waals surface area contributed by atoms with Gasteiger partial charge in [-0.1, -0.05) is 23.7 Å². The molecule has 1 atom stereocenters. The van der Waals surface area contributed by atoms with Gasteiger partial charge >= 0.3 is 0 Å². The second-order valence-electron chi connectivity index (χ2n) is 7.79. The molecule has 8 nitrogen and oxygen atoms in total. The summed E-state index contributed by atoms with van der Waals surface area (Å²) in [6.45, 7) is 3.06. The topological polar surface area (TPSA) is 77.5 Å². The minimum atomic E-state index is -0.768. The van der Waals surface area contributed by atoms with Crippen LogP contribution in [0.2, 0.25) is 5.02 Å². The molecule has 0 bridgehead atoms. The lowest BCUT2D eigenvalue weighted by molar-refractivity contribution is -0.142. The van der Waals surface area contributed by atoms with E-state index in [1.54, 1.807) is 28.0 Å². The van der Waals surface area contributed by atoms with Gasteiger partial charge in [0.15, 0.2) is 17.6 Å². The van der Waals surface area contributed by atoms with Gasteiger partial charge in [-0.15, -0.1) is 0 Å². The summed E-state index contributed by atoms with van der Waals surface area (Å²) in [5.41, 5.74) is 1.36. The number of nitrogens with zero attached hydrogens (tertiary/aromatic N) is 2. The Bertz CT molecular complexity index is 1040. The van der Waals surface area contributed by atoms with Crippen molar-refractivity contribution in [1.82, 2.24) is 4.90 Å². The van der Waals surface area contributed by atoms with E-state index in [1.165, 1.54) is 0 Å². The van der Waals surface area contributed by atoms with Crippen molar-refractivity contribution < 1.29 is 28.5 Å². The number of benzene rings is 2. The van der Waals surface area contributed by atoms with Crippen molar-refractivity contribution in [1.29, 1.82) is 0 Å². The summed E-state index contributed by atoms with van der Waals surface area (Å²) in [7, 11) is 0. The summed E-state index contributed by atoms with van der Waals surface area (Å²) < 4.78 is 22.5. The number of anilines is 1. The van der Waals surface area contributed by atoms with E-state index >= 15 is 0 Å². The van der Waals surface area contributed by atoms with Crippen molar-refractivity contribution in [3.8, 4) is 17.2 Å². The Morgan fingerprint density at radius 2 is 1.78 bits per heavy atom. The number of hydrogen-bond donors (Lipinski definition) is 0. The minimum absolute atomic E-state index is 0.100. The highest BCUT2D eigenvalue weighted by Crippen LogP contribution is 2.39. The first-order valence-electron chi connectivity index (χ1n) is 10.6. The molecule has 5 rings (SSSR count). The average molecular weight is 459 g/mol. The molecule has 32 heavy (non-hydrogen) atoms. The molecule has 0 aromatic heterocycles. The highest BCUT2D eigenvalue weighted by Gasteiger charge is 2.36. The third kappa shape index (κ3) is 4.08. The Morgan fingerprint density at radius 3 is 2.62 bits per heavy atom. The molecule has 0 spiro atoms. The van der Waals surface area contributed by atoms with Crippen molar-refractivity contribution in [2.24, 2.45) is 0 Å². The van der Waals surface area contributed by atoms with Crippen molar-refractivity contribution in [3.63, 3.8) is 0 Å². The van der Waals surface area contributed by atoms with Crippen LogP contribution in [-0.4, -0.2) is 68.9 Å². The van der Waals surface area contributed by atoms with E-state index < -0.39 is 6.10 Å². The van der Waals surface area contributed by atoms with E-state index in [1.807, 2.05) is 18.2 Å². The fourth-order valence-corrected chi connectivity index (χ4v) is 4.41. The molecular weight excluding hydrogens is 436 g/mol. The van der Waals surface area contributed by atoms with Crippen LogP contribution >= 0.6 is 11.6 Å². The van der Waals surface area contributed by atoms with Crippen LogP contribution in [0, 0.1) is 0 Å². The van der Waals surface area contributed by atoms with Crippen LogP contribution in [-0.2, 0) is 20.7 Å². The highest BCUT2D eigenvalue weighted by molar-refractivity contribution is 6.32. The molecule has 1 unspecified atom stereocenters. The van der Waals surface area contributed by atoms with Crippen molar-refractivity contribution in [2.75, 3.05) is 51.0 Å². The third-order valence-corrected chi connectivity index (χ3v) is 5.97. The van der Waals surface area contributed by atoms with Gasteiger partial charge < -0.3 is 28.7 Å². The molecule has 2 aromatic carbocycles. The number of rotatable bonds is 3. The van der Waals surface area contributed by atoms with E-state index in [4.69, 9.17) is 30.5 Å². The number of halogens is 1. The van der Waals surface area contributed by atoms with Crippen molar-refractivity contribution in [2.45, 2.75) is 12.5 Å². The van der Waals surface area contributed by atoms with Crippen LogP contribution in [0.25, 0.3) is 0 Å². The van der Waals surface area contributed by atoms with Gasteiger partial charge in [0.1, 0.15) is 19.0 Å². The lowest BCUT2D eigenvalue weighted by Crippen LogP contribution is -2.54. The van der Waals surface area contributed by atoms with Gasteiger partial charge in [0.2, 0.25) is 5.91 Å². The number of para-hydroxylation sites is 2. The first-order chi connectivity index (χ1) is 15.6. The van der Waals surface area contributed by atoms with Crippen molar-refractivity contribution in [3.05, 3.63) is 47.0 Å². The summed E-state index contributed by atoms with van der Waals surface area (Å²) in [6.07, 6.45) is -0.667. The number of morpholine rings is 1. The van der Waals surface area contributed by atoms with Crippen LogP contribution < -0.4 is 19.1 Å². The molecule has 2 amide bonds. The number of fused-ring (bicyclic) bond motifs is 2.